The third-order valence-corrected chi connectivity index (χ3v) is 6.42. The molecule has 0 bridgehead atoms. The maximum absolute atomic E-state index is 13.2. The Labute approximate surface area is 158 Å². The maximum atomic E-state index is 13.2. The monoisotopic (exact) mass is 374 g/mol. The zero-order valence-electron chi connectivity index (χ0n) is 15.4. The van der Waals surface area contributed by atoms with Crippen LogP contribution in [0.25, 0.3) is 0 Å². The van der Waals surface area contributed by atoms with E-state index >= 15 is 0 Å². The fourth-order valence-electron chi connectivity index (χ4n) is 3.94. The third kappa shape index (κ3) is 3.35. The van der Waals surface area contributed by atoms with Crippen LogP contribution in [0.4, 0.5) is 5.13 Å². The van der Waals surface area contributed by atoms with Crippen LogP contribution in [0.2, 0.25) is 0 Å². The maximum Gasteiger partial charge on any atom is 0.226 e. The molecule has 1 N–H and O–H groups in total. The number of rotatable bonds is 3. The summed E-state index contributed by atoms with van der Waals surface area (Å²) in [6, 6.07) is 0.0240. The fourth-order valence-corrected chi connectivity index (χ4v) is 4.79. The summed E-state index contributed by atoms with van der Waals surface area (Å²) < 4.78 is 2.02. The van der Waals surface area contributed by atoms with E-state index < -0.39 is 0 Å². The largest absolute Gasteiger partial charge is 0.348 e. The first-order valence-electron chi connectivity index (χ1n) is 9.29. The van der Waals surface area contributed by atoms with Gasteiger partial charge in [-0.15, -0.1) is 11.3 Å². The van der Waals surface area contributed by atoms with Crippen molar-refractivity contribution in [3.05, 3.63) is 29.3 Å². The Balaban J connectivity index is 1.43. The molecule has 0 radical (unpaired) electrons. The number of nitrogens with one attached hydrogen (secondary N) is 1. The van der Waals surface area contributed by atoms with E-state index in [1.165, 1.54) is 0 Å². The first kappa shape index (κ1) is 17.5. The molecule has 1 amide bonds. The van der Waals surface area contributed by atoms with Crippen molar-refractivity contribution in [2.24, 2.45) is 13.0 Å². The summed E-state index contributed by atoms with van der Waals surface area (Å²) in [4.78, 5) is 26.7. The molecule has 8 heteroatoms. The highest BCUT2D eigenvalue weighted by molar-refractivity contribution is 7.13. The smallest absolute Gasteiger partial charge is 0.226 e. The molecule has 4 heterocycles. The molecule has 26 heavy (non-hydrogen) atoms. The summed E-state index contributed by atoms with van der Waals surface area (Å²) in [6.07, 6.45) is 5.55. The van der Waals surface area contributed by atoms with Crippen molar-refractivity contribution in [2.75, 3.05) is 37.6 Å². The molecule has 140 valence electrons. The average Bonchev–Trinajstić information content (AvgIpc) is 3.29. The van der Waals surface area contributed by atoms with E-state index in [1.807, 2.05) is 29.6 Å². The predicted molar refractivity (Wildman–Crippen MR) is 102 cm³/mol. The average molecular weight is 375 g/mol. The number of hydrogen-bond donors (Lipinski definition) is 1. The van der Waals surface area contributed by atoms with Crippen molar-refractivity contribution in [3.8, 4) is 0 Å². The van der Waals surface area contributed by atoms with Gasteiger partial charge in [0.1, 0.15) is 11.9 Å². The normalized spacial score (nSPS) is 22.0. The third-order valence-electron chi connectivity index (χ3n) is 5.40. The van der Waals surface area contributed by atoms with Gasteiger partial charge in [-0.1, -0.05) is 0 Å². The van der Waals surface area contributed by atoms with Crippen LogP contribution in [0.15, 0.2) is 17.8 Å². The van der Waals surface area contributed by atoms with Gasteiger partial charge in [0.2, 0.25) is 5.91 Å². The highest BCUT2D eigenvalue weighted by atomic mass is 32.1. The number of nitrogens with zero attached hydrogens (tertiary/aromatic N) is 5. The van der Waals surface area contributed by atoms with Gasteiger partial charge in [-0.2, -0.15) is 0 Å². The van der Waals surface area contributed by atoms with Gasteiger partial charge < -0.3 is 19.7 Å². The summed E-state index contributed by atoms with van der Waals surface area (Å²) in [5, 5.41) is 6.58. The molecule has 1 unspecified atom stereocenters. The molecule has 7 nitrogen and oxygen atoms in total. The molecule has 2 aromatic heterocycles. The van der Waals surface area contributed by atoms with Crippen LogP contribution in [0.3, 0.4) is 0 Å². The number of thiazole rings is 1. The SMILES string of the molecule is Cc1csc(N2CCC(C(=O)N3CCNCC3c3nccn3C)CC2)n1. The minimum atomic E-state index is 0.0240. The Hall–Kier alpha value is -1.93. The molecule has 2 aliphatic heterocycles. The lowest BCUT2D eigenvalue weighted by molar-refractivity contribution is -0.139. The Morgan fingerprint density at radius 1 is 1.31 bits per heavy atom. The molecule has 2 fully saturated rings. The van der Waals surface area contributed by atoms with Crippen molar-refractivity contribution in [1.29, 1.82) is 0 Å². The first-order chi connectivity index (χ1) is 12.6. The fraction of sp³-hybridized carbons (Fsp3) is 0.611. The molecular weight excluding hydrogens is 348 g/mol. The summed E-state index contributed by atoms with van der Waals surface area (Å²) in [7, 11) is 1.99. The molecule has 1 atom stereocenters. The molecule has 0 aromatic carbocycles. The van der Waals surface area contributed by atoms with Crippen molar-refractivity contribution in [3.63, 3.8) is 0 Å². The van der Waals surface area contributed by atoms with Crippen LogP contribution in [0.1, 0.15) is 30.4 Å². The lowest BCUT2D eigenvalue weighted by atomic mass is 9.94. The lowest BCUT2D eigenvalue weighted by Gasteiger charge is -2.39. The second-order valence-electron chi connectivity index (χ2n) is 7.18. The van der Waals surface area contributed by atoms with E-state index in [0.29, 0.717) is 0 Å². The summed E-state index contributed by atoms with van der Waals surface area (Å²) in [5.74, 6) is 1.35. The van der Waals surface area contributed by atoms with Crippen LogP contribution in [-0.2, 0) is 11.8 Å². The van der Waals surface area contributed by atoms with E-state index in [1.54, 1.807) is 17.5 Å². The Bertz CT molecular complexity index is 763. The van der Waals surface area contributed by atoms with Crippen LogP contribution < -0.4 is 10.2 Å². The predicted octanol–water partition coefficient (Wildman–Crippen LogP) is 1.57. The quantitative estimate of drug-likeness (QED) is 0.884. The number of aromatic nitrogens is 3. The van der Waals surface area contributed by atoms with Gasteiger partial charge in [-0.25, -0.2) is 9.97 Å². The Morgan fingerprint density at radius 3 is 2.77 bits per heavy atom. The van der Waals surface area contributed by atoms with Gasteiger partial charge in [0, 0.05) is 63.5 Å². The number of carbonyl (C=O) groups is 1. The number of aryl methyl sites for hydroxylation is 2. The molecule has 2 saturated heterocycles. The van der Waals surface area contributed by atoms with Crippen LogP contribution >= 0.6 is 11.3 Å². The second kappa shape index (κ2) is 7.36. The molecule has 2 aliphatic rings. The molecule has 2 aromatic rings. The summed E-state index contributed by atoms with van der Waals surface area (Å²) in [6.45, 7) is 6.21. The summed E-state index contributed by atoms with van der Waals surface area (Å²) >= 11 is 1.69. The van der Waals surface area contributed by atoms with E-state index in [4.69, 9.17) is 0 Å². The van der Waals surface area contributed by atoms with E-state index in [2.05, 4.69) is 25.6 Å². The van der Waals surface area contributed by atoms with E-state index in [0.717, 1.165) is 62.2 Å². The van der Waals surface area contributed by atoms with Gasteiger partial charge in [0.05, 0.1) is 5.69 Å². The Kier molecular flexibility index (Phi) is 4.95. The topological polar surface area (TPSA) is 66.3 Å². The van der Waals surface area contributed by atoms with E-state index in [-0.39, 0.29) is 17.9 Å². The highest BCUT2D eigenvalue weighted by Crippen LogP contribution is 2.29. The lowest BCUT2D eigenvalue weighted by Crippen LogP contribution is -2.52. The molecule has 0 aliphatic carbocycles. The number of imidazole rings is 1. The van der Waals surface area contributed by atoms with Crippen LogP contribution in [-0.4, -0.2) is 58.1 Å². The van der Waals surface area contributed by atoms with Crippen LogP contribution in [0, 0.1) is 12.8 Å². The van der Waals surface area contributed by atoms with Crippen LogP contribution in [0.5, 0.6) is 0 Å². The molecule has 0 saturated carbocycles. The van der Waals surface area contributed by atoms with Gasteiger partial charge in [-0.05, 0) is 19.8 Å². The van der Waals surface area contributed by atoms with Crippen molar-refractivity contribution < 1.29 is 4.79 Å². The van der Waals surface area contributed by atoms with Crippen molar-refractivity contribution >= 4 is 22.4 Å². The second-order valence-corrected chi connectivity index (χ2v) is 8.02. The van der Waals surface area contributed by atoms with Crippen molar-refractivity contribution in [2.45, 2.75) is 25.8 Å². The number of piperidine rings is 1. The number of amides is 1. The summed E-state index contributed by atoms with van der Waals surface area (Å²) in [5.41, 5.74) is 1.07. The Morgan fingerprint density at radius 2 is 2.12 bits per heavy atom. The zero-order valence-corrected chi connectivity index (χ0v) is 16.2. The van der Waals surface area contributed by atoms with Crippen molar-refractivity contribution in [1.82, 2.24) is 24.8 Å². The number of anilines is 1. The standard InChI is InChI=1S/C18H26N6OS/c1-13-12-26-18(21-13)23-7-3-14(4-8-23)17(25)24-10-5-19-11-15(24)16-20-6-9-22(16)2/h6,9,12,14-15,19H,3-5,7-8,10-11H2,1-2H3. The van der Waals surface area contributed by atoms with Gasteiger partial charge in [0.15, 0.2) is 5.13 Å². The molecule has 4 rings (SSSR count). The minimum absolute atomic E-state index is 0.0240. The molecular formula is C18H26N6OS. The number of hydrogen-bond acceptors (Lipinski definition) is 6. The van der Waals surface area contributed by atoms with Gasteiger partial charge >= 0.3 is 0 Å². The van der Waals surface area contributed by atoms with Gasteiger partial charge in [-0.3, -0.25) is 4.79 Å². The number of carbonyl (C=O) groups excluding carboxylic acids is 1. The van der Waals surface area contributed by atoms with Gasteiger partial charge in [0.25, 0.3) is 0 Å². The first-order valence-corrected chi connectivity index (χ1v) is 10.2. The van der Waals surface area contributed by atoms with E-state index in [9.17, 15) is 4.79 Å². The minimum Gasteiger partial charge on any atom is -0.348 e. The number of piperazine rings is 1. The highest BCUT2D eigenvalue weighted by Gasteiger charge is 2.35. The molecule has 0 spiro atoms. The zero-order chi connectivity index (χ0) is 18.1.